The number of rotatable bonds is 5. The Morgan fingerprint density at radius 1 is 0.905 bits per heavy atom. The van der Waals surface area contributed by atoms with E-state index in [0.717, 1.165) is 33.2 Å². The lowest BCUT2D eigenvalue weighted by Crippen LogP contribution is -2.42. The first-order valence-corrected chi connectivity index (χ1v) is 16.3. The van der Waals surface area contributed by atoms with Gasteiger partial charge in [0, 0.05) is 21.1 Å². The minimum absolute atomic E-state index is 0.0233. The number of anilines is 1. The van der Waals surface area contributed by atoms with Gasteiger partial charge in [-0.1, -0.05) is 64.9 Å². The lowest BCUT2D eigenvalue weighted by Gasteiger charge is -2.43. The van der Waals surface area contributed by atoms with Crippen LogP contribution in [0.4, 0.5) is 5.69 Å². The highest BCUT2D eigenvalue weighted by Crippen LogP contribution is 2.68. The number of H-pyrrole nitrogens is 1. The Balaban J connectivity index is 1.11. The van der Waals surface area contributed by atoms with E-state index in [1.165, 1.54) is 21.8 Å². The molecule has 8 rings (SSSR count). The molecule has 2 amide bonds. The molecule has 42 heavy (non-hydrogen) atoms. The van der Waals surface area contributed by atoms with E-state index in [-0.39, 0.29) is 57.4 Å². The standard InChI is InChI=1S/C33H27ClN2O4S2/c1-16-2-4-17(5-3-16)15-40-21-12-6-18(7-13-21)24-25-22-14-23(28(25)41-30-29(24)42-33(39)35-30)27-26(22)31(37)36(32(27)38)20-10-8-19(34)9-11-20/h2-13,22-28H,14-15H2,1H3,(H,35,39)/t22-,23-,24?,25?,26?,27?,28?/m1/s1. The molecular weight excluding hydrogens is 588 g/mol. The van der Waals surface area contributed by atoms with Gasteiger partial charge in [0.15, 0.2) is 0 Å². The van der Waals surface area contributed by atoms with Crippen LogP contribution in [0.3, 0.4) is 0 Å². The number of amides is 2. The van der Waals surface area contributed by atoms with Crippen LogP contribution in [0.25, 0.3) is 0 Å². The number of benzene rings is 3. The number of halogens is 1. The predicted octanol–water partition coefficient (Wildman–Crippen LogP) is 6.66. The van der Waals surface area contributed by atoms with E-state index in [9.17, 15) is 14.4 Å². The summed E-state index contributed by atoms with van der Waals surface area (Å²) >= 11 is 9.05. The number of carbonyl (C=O) groups is 2. The van der Waals surface area contributed by atoms with Gasteiger partial charge in [0.1, 0.15) is 12.4 Å². The summed E-state index contributed by atoms with van der Waals surface area (Å²) in [6.45, 7) is 2.55. The molecule has 3 heterocycles. The number of aryl methyl sites for hydroxylation is 1. The van der Waals surface area contributed by atoms with Crippen LogP contribution in [-0.4, -0.2) is 22.0 Å². The van der Waals surface area contributed by atoms with Crippen LogP contribution in [0.15, 0.2) is 82.6 Å². The number of thioether (sulfide) groups is 1. The van der Waals surface area contributed by atoms with Gasteiger partial charge in [-0.05, 0) is 78.6 Å². The third kappa shape index (κ3) is 4.02. The summed E-state index contributed by atoms with van der Waals surface area (Å²) in [6, 6.07) is 23.4. The van der Waals surface area contributed by atoms with Crippen LogP contribution < -0.4 is 14.5 Å². The molecule has 1 aromatic heterocycles. The average molecular weight is 615 g/mol. The molecule has 2 saturated carbocycles. The van der Waals surface area contributed by atoms with E-state index in [2.05, 4.69) is 48.3 Å². The fourth-order valence-corrected chi connectivity index (χ4v) is 10.9. The number of carbonyl (C=O) groups excluding carboxylic acids is 2. The SMILES string of the molecule is Cc1ccc(COc2ccc(C3c4sc(=O)[nH]c4SC4C3[C@H]3C[C@@H]4C4C(=O)N(c5ccc(Cl)cc5)C(=O)C43)cc2)cc1. The van der Waals surface area contributed by atoms with E-state index in [1.54, 1.807) is 36.0 Å². The minimum atomic E-state index is -0.336. The molecule has 5 unspecified atom stereocenters. The molecule has 2 aliphatic carbocycles. The number of nitrogens with zero attached hydrogens (tertiary/aromatic N) is 1. The van der Waals surface area contributed by atoms with Crippen molar-refractivity contribution >= 4 is 52.2 Å². The van der Waals surface area contributed by atoms with Crippen molar-refractivity contribution < 1.29 is 14.3 Å². The highest BCUT2D eigenvalue weighted by Gasteiger charge is 2.69. The van der Waals surface area contributed by atoms with Gasteiger partial charge in [-0.15, -0.1) is 11.8 Å². The molecule has 2 aliphatic heterocycles. The zero-order valence-electron chi connectivity index (χ0n) is 22.7. The molecule has 9 heteroatoms. The maximum absolute atomic E-state index is 13.9. The summed E-state index contributed by atoms with van der Waals surface area (Å²) in [4.78, 5) is 45.6. The summed E-state index contributed by atoms with van der Waals surface area (Å²) < 4.78 is 6.07. The average Bonchev–Trinajstić information content (AvgIpc) is 3.72. The smallest absolute Gasteiger partial charge is 0.305 e. The van der Waals surface area contributed by atoms with Crippen molar-refractivity contribution in [3.05, 3.63) is 109 Å². The second-order valence-electron chi connectivity index (χ2n) is 11.8. The highest BCUT2D eigenvalue weighted by atomic mass is 35.5. The number of aromatic amines is 1. The normalized spacial score (nSPS) is 29.0. The fourth-order valence-electron chi connectivity index (χ4n) is 7.86. The van der Waals surface area contributed by atoms with Gasteiger partial charge in [-0.25, -0.2) is 0 Å². The van der Waals surface area contributed by atoms with E-state index >= 15 is 0 Å². The van der Waals surface area contributed by atoms with Crippen molar-refractivity contribution in [3.8, 4) is 5.75 Å². The molecule has 3 fully saturated rings. The number of hydrogen-bond acceptors (Lipinski definition) is 6. The Morgan fingerprint density at radius 2 is 1.60 bits per heavy atom. The van der Waals surface area contributed by atoms with Crippen LogP contribution in [0, 0.1) is 36.5 Å². The Bertz CT molecular complexity index is 1770. The fraction of sp³-hybridized carbons (Fsp3) is 0.303. The molecule has 6 nitrogen and oxygen atoms in total. The molecule has 7 atom stereocenters. The Hall–Kier alpha value is -3.33. The number of fused-ring (bicyclic) bond motifs is 9. The molecule has 4 aliphatic rings. The molecular formula is C33H27ClN2O4S2. The zero-order valence-corrected chi connectivity index (χ0v) is 25.0. The van der Waals surface area contributed by atoms with Crippen molar-refractivity contribution in [1.82, 2.24) is 4.98 Å². The van der Waals surface area contributed by atoms with E-state index in [4.69, 9.17) is 16.3 Å². The van der Waals surface area contributed by atoms with Gasteiger partial charge in [-0.3, -0.25) is 19.3 Å². The highest BCUT2D eigenvalue weighted by molar-refractivity contribution is 8.00. The monoisotopic (exact) mass is 614 g/mol. The predicted molar refractivity (Wildman–Crippen MR) is 164 cm³/mol. The van der Waals surface area contributed by atoms with Crippen LogP contribution in [-0.2, 0) is 16.2 Å². The van der Waals surface area contributed by atoms with Gasteiger partial charge in [0.25, 0.3) is 0 Å². The van der Waals surface area contributed by atoms with Crippen LogP contribution >= 0.6 is 34.7 Å². The lowest BCUT2D eigenvalue weighted by molar-refractivity contribution is -0.123. The van der Waals surface area contributed by atoms with Gasteiger partial charge in [0.2, 0.25) is 11.8 Å². The van der Waals surface area contributed by atoms with Gasteiger partial charge >= 0.3 is 4.87 Å². The Labute approximate surface area is 256 Å². The number of imide groups is 1. The maximum atomic E-state index is 13.9. The minimum Gasteiger partial charge on any atom is -0.489 e. The molecule has 1 N–H and O–H groups in total. The van der Waals surface area contributed by atoms with E-state index < -0.39 is 0 Å². The van der Waals surface area contributed by atoms with Crippen molar-refractivity contribution in [2.45, 2.75) is 36.1 Å². The van der Waals surface area contributed by atoms with E-state index in [1.807, 2.05) is 12.1 Å². The van der Waals surface area contributed by atoms with Crippen molar-refractivity contribution in [1.29, 1.82) is 0 Å². The second kappa shape index (κ2) is 9.86. The third-order valence-corrected chi connectivity index (χ3v) is 12.4. The zero-order chi connectivity index (χ0) is 28.7. The quantitative estimate of drug-likeness (QED) is 0.255. The van der Waals surface area contributed by atoms with Crippen molar-refractivity contribution in [2.24, 2.45) is 29.6 Å². The number of hydrogen-bond donors (Lipinski definition) is 1. The summed E-state index contributed by atoms with van der Waals surface area (Å²) in [7, 11) is 0. The summed E-state index contributed by atoms with van der Waals surface area (Å²) in [5.41, 5.74) is 4.02. The van der Waals surface area contributed by atoms with Crippen molar-refractivity contribution in [2.75, 3.05) is 4.90 Å². The first-order valence-electron chi connectivity index (χ1n) is 14.2. The molecule has 3 aromatic carbocycles. The molecule has 2 bridgehead atoms. The van der Waals surface area contributed by atoms with E-state index in [0.29, 0.717) is 17.3 Å². The number of thiazole rings is 1. The van der Waals surface area contributed by atoms with Crippen LogP contribution in [0.2, 0.25) is 5.02 Å². The molecule has 212 valence electrons. The number of nitrogens with one attached hydrogen (secondary N) is 1. The molecule has 0 radical (unpaired) electrons. The van der Waals surface area contributed by atoms with Gasteiger partial charge in [-0.2, -0.15) is 0 Å². The summed E-state index contributed by atoms with van der Waals surface area (Å²) in [5.74, 6) is 0.205. The molecule has 4 aromatic rings. The summed E-state index contributed by atoms with van der Waals surface area (Å²) in [6.07, 6.45) is 0.858. The summed E-state index contributed by atoms with van der Waals surface area (Å²) in [5, 5.41) is 1.62. The van der Waals surface area contributed by atoms with Crippen LogP contribution in [0.1, 0.15) is 33.9 Å². The van der Waals surface area contributed by atoms with Gasteiger partial charge in [0.05, 0.1) is 22.5 Å². The Kier molecular flexibility index (Phi) is 6.18. The van der Waals surface area contributed by atoms with Crippen molar-refractivity contribution in [3.63, 3.8) is 0 Å². The van der Waals surface area contributed by atoms with Crippen LogP contribution in [0.5, 0.6) is 5.75 Å². The molecule has 1 saturated heterocycles. The van der Waals surface area contributed by atoms with Gasteiger partial charge < -0.3 is 9.72 Å². The Morgan fingerprint density at radius 3 is 2.31 bits per heavy atom. The molecule has 0 spiro atoms. The number of ether oxygens (including phenoxy) is 1. The first-order chi connectivity index (χ1) is 20.4. The topological polar surface area (TPSA) is 79.5 Å². The third-order valence-electron chi connectivity index (χ3n) is 9.57. The maximum Gasteiger partial charge on any atom is 0.305 e. The second-order valence-corrected chi connectivity index (χ2v) is 14.4. The first kappa shape index (κ1) is 26.3. The number of aromatic nitrogens is 1. The largest absolute Gasteiger partial charge is 0.489 e. The lowest BCUT2D eigenvalue weighted by atomic mass is 9.68.